The number of hydrogen-bond donors (Lipinski definition) is 2. The molecule has 8 heteroatoms. The smallest absolute Gasteiger partial charge is 0.239 e. The van der Waals surface area contributed by atoms with Gasteiger partial charge in [0.1, 0.15) is 18.1 Å². The Balaban J connectivity index is 2.09. The van der Waals surface area contributed by atoms with Crippen LogP contribution in [0, 0.1) is 0 Å². The third-order valence-corrected chi connectivity index (χ3v) is 3.10. The molecule has 0 saturated carbocycles. The van der Waals surface area contributed by atoms with Gasteiger partial charge in [-0.25, -0.2) is 4.68 Å². The molecule has 0 aliphatic carbocycles. The van der Waals surface area contributed by atoms with Crippen LogP contribution < -0.4 is 20.9 Å². The highest BCUT2D eigenvalue weighted by Crippen LogP contribution is 2.36. The Morgan fingerprint density at radius 2 is 2.14 bits per heavy atom. The van der Waals surface area contributed by atoms with E-state index in [4.69, 9.17) is 20.9 Å². The summed E-state index contributed by atoms with van der Waals surface area (Å²) in [5.41, 5.74) is 12.1. The summed E-state index contributed by atoms with van der Waals surface area (Å²) in [5.74, 6) is 0.679. The SMILES string of the molecule is NC(=O)Cn1nc(-c2ccc3c(c2)OCO3)c(C=O)c1N. The number of carbonyl (C=O) groups is 2. The number of aldehydes is 1. The van der Waals surface area contributed by atoms with Gasteiger partial charge in [-0.15, -0.1) is 0 Å². The fourth-order valence-electron chi connectivity index (χ4n) is 2.13. The first kappa shape index (κ1) is 13.0. The van der Waals surface area contributed by atoms with Crippen LogP contribution in [0.2, 0.25) is 0 Å². The summed E-state index contributed by atoms with van der Waals surface area (Å²) in [4.78, 5) is 22.2. The number of nitrogens with two attached hydrogens (primary N) is 2. The molecule has 1 aromatic carbocycles. The van der Waals surface area contributed by atoms with Gasteiger partial charge in [-0.3, -0.25) is 9.59 Å². The fraction of sp³-hybridized carbons (Fsp3) is 0.154. The molecule has 108 valence electrons. The van der Waals surface area contributed by atoms with Crippen LogP contribution >= 0.6 is 0 Å². The molecule has 0 atom stereocenters. The first-order valence-corrected chi connectivity index (χ1v) is 6.10. The van der Waals surface area contributed by atoms with E-state index in [1.807, 2.05) is 0 Å². The molecule has 0 saturated heterocycles. The molecule has 1 amide bonds. The number of ether oxygens (including phenoxy) is 2. The molecule has 0 radical (unpaired) electrons. The first-order valence-electron chi connectivity index (χ1n) is 6.10. The Kier molecular flexibility index (Phi) is 2.98. The summed E-state index contributed by atoms with van der Waals surface area (Å²) < 4.78 is 11.7. The first-order chi connectivity index (χ1) is 10.1. The molecule has 21 heavy (non-hydrogen) atoms. The lowest BCUT2D eigenvalue weighted by molar-refractivity contribution is -0.118. The van der Waals surface area contributed by atoms with Gasteiger partial charge in [-0.2, -0.15) is 5.10 Å². The Bertz CT molecular complexity index is 738. The van der Waals surface area contributed by atoms with Crippen molar-refractivity contribution in [2.75, 3.05) is 12.5 Å². The predicted molar refractivity (Wildman–Crippen MR) is 72.8 cm³/mol. The van der Waals surface area contributed by atoms with E-state index in [2.05, 4.69) is 5.10 Å². The maximum absolute atomic E-state index is 11.2. The second-order valence-corrected chi connectivity index (χ2v) is 4.46. The highest BCUT2D eigenvalue weighted by molar-refractivity contribution is 5.92. The number of primary amides is 1. The van der Waals surface area contributed by atoms with Crippen molar-refractivity contribution < 1.29 is 19.1 Å². The van der Waals surface area contributed by atoms with E-state index in [9.17, 15) is 9.59 Å². The van der Waals surface area contributed by atoms with Crippen LogP contribution in [0.5, 0.6) is 11.5 Å². The minimum Gasteiger partial charge on any atom is -0.454 e. The average molecular weight is 288 g/mol. The number of benzene rings is 1. The second-order valence-electron chi connectivity index (χ2n) is 4.46. The summed E-state index contributed by atoms with van der Waals surface area (Å²) in [5, 5.41) is 4.18. The van der Waals surface area contributed by atoms with Crippen molar-refractivity contribution in [3.63, 3.8) is 0 Å². The highest BCUT2D eigenvalue weighted by atomic mass is 16.7. The minimum atomic E-state index is -0.598. The van der Waals surface area contributed by atoms with E-state index >= 15 is 0 Å². The molecule has 2 aromatic rings. The zero-order chi connectivity index (χ0) is 15.0. The number of carbonyl (C=O) groups excluding carboxylic acids is 2. The van der Waals surface area contributed by atoms with E-state index in [0.29, 0.717) is 29.0 Å². The summed E-state index contributed by atoms with van der Waals surface area (Å²) >= 11 is 0. The molecule has 1 aliphatic rings. The van der Waals surface area contributed by atoms with E-state index in [1.165, 1.54) is 4.68 Å². The topological polar surface area (TPSA) is 122 Å². The van der Waals surface area contributed by atoms with Gasteiger partial charge in [0, 0.05) is 5.56 Å². The molecular formula is C13H12N4O4. The van der Waals surface area contributed by atoms with Crippen molar-refractivity contribution >= 4 is 18.0 Å². The Hall–Kier alpha value is -3.03. The molecular weight excluding hydrogens is 276 g/mol. The summed E-state index contributed by atoms with van der Waals surface area (Å²) in [6.45, 7) is -0.0468. The van der Waals surface area contributed by atoms with Crippen molar-refractivity contribution in [3.8, 4) is 22.8 Å². The van der Waals surface area contributed by atoms with Crippen LogP contribution in [0.3, 0.4) is 0 Å². The lowest BCUT2D eigenvalue weighted by Crippen LogP contribution is -2.20. The van der Waals surface area contributed by atoms with Gasteiger partial charge < -0.3 is 20.9 Å². The average Bonchev–Trinajstić information content (AvgIpc) is 3.03. The number of aromatic nitrogens is 2. The van der Waals surface area contributed by atoms with Gasteiger partial charge >= 0.3 is 0 Å². The van der Waals surface area contributed by atoms with Crippen LogP contribution in [0.25, 0.3) is 11.3 Å². The quantitative estimate of drug-likeness (QED) is 0.772. The number of anilines is 1. The van der Waals surface area contributed by atoms with Crippen LogP contribution in [-0.2, 0) is 11.3 Å². The second kappa shape index (κ2) is 4.82. The van der Waals surface area contributed by atoms with Crippen molar-refractivity contribution in [1.82, 2.24) is 9.78 Å². The predicted octanol–water partition coefficient (Wildman–Crippen LogP) is 0.159. The monoisotopic (exact) mass is 288 g/mol. The van der Waals surface area contributed by atoms with Crippen molar-refractivity contribution in [3.05, 3.63) is 23.8 Å². The maximum Gasteiger partial charge on any atom is 0.239 e. The fourth-order valence-corrected chi connectivity index (χ4v) is 2.13. The van der Waals surface area contributed by atoms with E-state index in [-0.39, 0.29) is 24.7 Å². The van der Waals surface area contributed by atoms with E-state index < -0.39 is 5.91 Å². The van der Waals surface area contributed by atoms with Gasteiger partial charge in [0.25, 0.3) is 0 Å². The van der Waals surface area contributed by atoms with Crippen molar-refractivity contribution in [2.45, 2.75) is 6.54 Å². The molecule has 0 spiro atoms. The zero-order valence-electron chi connectivity index (χ0n) is 10.9. The minimum absolute atomic E-state index is 0.0940. The largest absolute Gasteiger partial charge is 0.454 e. The number of nitrogen functional groups attached to an aromatic ring is 1. The van der Waals surface area contributed by atoms with E-state index in [0.717, 1.165) is 0 Å². The van der Waals surface area contributed by atoms with Gasteiger partial charge in [-0.05, 0) is 18.2 Å². The normalized spacial score (nSPS) is 12.4. The van der Waals surface area contributed by atoms with Crippen LogP contribution in [0.1, 0.15) is 10.4 Å². The lowest BCUT2D eigenvalue weighted by Gasteiger charge is -2.00. The summed E-state index contributed by atoms with van der Waals surface area (Å²) in [6, 6.07) is 5.15. The van der Waals surface area contributed by atoms with Crippen molar-refractivity contribution in [2.24, 2.45) is 5.73 Å². The Morgan fingerprint density at radius 3 is 2.86 bits per heavy atom. The van der Waals surface area contributed by atoms with Crippen LogP contribution in [0.15, 0.2) is 18.2 Å². The zero-order valence-corrected chi connectivity index (χ0v) is 10.9. The third-order valence-electron chi connectivity index (χ3n) is 3.10. The Morgan fingerprint density at radius 1 is 1.38 bits per heavy atom. The van der Waals surface area contributed by atoms with Gasteiger partial charge in [0.2, 0.25) is 12.7 Å². The highest BCUT2D eigenvalue weighted by Gasteiger charge is 2.20. The molecule has 1 aliphatic heterocycles. The Labute approximate surface area is 119 Å². The number of rotatable bonds is 4. The van der Waals surface area contributed by atoms with Gasteiger partial charge in [0.05, 0.1) is 5.56 Å². The van der Waals surface area contributed by atoms with Crippen LogP contribution in [0.4, 0.5) is 5.82 Å². The molecule has 2 heterocycles. The number of fused-ring (bicyclic) bond motifs is 1. The number of nitrogens with zero attached hydrogens (tertiary/aromatic N) is 2. The van der Waals surface area contributed by atoms with Gasteiger partial charge in [0.15, 0.2) is 17.8 Å². The maximum atomic E-state index is 11.2. The number of amides is 1. The standard InChI is InChI=1S/C13H12N4O4/c14-11(19)4-17-13(15)8(5-18)12(16-17)7-1-2-9-10(3-7)21-6-20-9/h1-3,5H,4,6,15H2,(H2,14,19). The molecule has 0 unspecified atom stereocenters. The molecule has 8 nitrogen and oxygen atoms in total. The summed E-state index contributed by atoms with van der Waals surface area (Å²) in [7, 11) is 0. The molecule has 3 rings (SSSR count). The molecule has 1 aromatic heterocycles. The van der Waals surface area contributed by atoms with Crippen molar-refractivity contribution in [1.29, 1.82) is 0 Å². The van der Waals surface area contributed by atoms with E-state index in [1.54, 1.807) is 18.2 Å². The number of hydrogen-bond acceptors (Lipinski definition) is 6. The lowest BCUT2D eigenvalue weighted by atomic mass is 10.1. The molecule has 0 bridgehead atoms. The molecule has 4 N–H and O–H groups in total. The third kappa shape index (κ3) is 2.16. The van der Waals surface area contributed by atoms with Gasteiger partial charge in [-0.1, -0.05) is 0 Å². The van der Waals surface area contributed by atoms with Crippen LogP contribution in [-0.4, -0.2) is 28.8 Å². The summed E-state index contributed by atoms with van der Waals surface area (Å²) in [6.07, 6.45) is 0.597. The molecule has 0 fully saturated rings.